The van der Waals surface area contributed by atoms with E-state index in [0.717, 1.165) is 12.1 Å². The van der Waals surface area contributed by atoms with E-state index in [0.29, 0.717) is 5.56 Å². The molecule has 2 rings (SSSR count). The number of aromatic amines is 1. The highest BCUT2D eigenvalue weighted by molar-refractivity contribution is 6.07. The van der Waals surface area contributed by atoms with Crippen LogP contribution >= 0.6 is 0 Å². The first-order valence-corrected chi connectivity index (χ1v) is 6.40. The maximum Gasteiger partial charge on any atom is 0.261 e. The molecule has 100 valence electrons. The second-order valence-corrected chi connectivity index (χ2v) is 4.45. The average Bonchev–Trinajstić information content (AvgIpc) is 2.84. The van der Waals surface area contributed by atoms with Gasteiger partial charge in [0.25, 0.3) is 5.91 Å². The van der Waals surface area contributed by atoms with Crippen molar-refractivity contribution in [2.75, 3.05) is 11.1 Å². The molecule has 0 fully saturated rings. The quantitative estimate of drug-likeness (QED) is 0.770. The third-order valence-electron chi connectivity index (χ3n) is 2.94. The molecule has 0 aliphatic heterocycles. The van der Waals surface area contributed by atoms with Crippen LogP contribution in [0.25, 0.3) is 0 Å². The molecule has 4 N–H and O–H groups in total. The van der Waals surface area contributed by atoms with Crippen LogP contribution in [0.5, 0.6) is 0 Å². The molecule has 2 aromatic rings. The lowest BCUT2D eigenvalue weighted by atomic mass is 10.1. The van der Waals surface area contributed by atoms with Gasteiger partial charge in [0.15, 0.2) is 0 Å². The Kier molecular flexibility index (Phi) is 4.18. The van der Waals surface area contributed by atoms with E-state index < -0.39 is 0 Å². The van der Waals surface area contributed by atoms with Crippen molar-refractivity contribution in [1.82, 2.24) is 10.2 Å². The van der Waals surface area contributed by atoms with Gasteiger partial charge in [-0.25, -0.2) is 0 Å². The molecular weight excluding hydrogens is 240 g/mol. The zero-order chi connectivity index (χ0) is 13.7. The monoisotopic (exact) mass is 258 g/mol. The molecular formula is C14H18N4O. The minimum atomic E-state index is -0.257. The Bertz CT molecular complexity index is 545. The highest BCUT2D eigenvalue weighted by Gasteiger charge is 2.11. The number of nitrogens with one attached hydrogen (secondary N) is 2. The summed E-state index contributed by atoms with van der Waals surface area (Å²) in [5, 5.41) is 9.05. The number of H-pyrrole nitrogens is 1. The van der Waals surface area contributed by atoms with Crippen LogP contribution in [-0.2, 0) is 6.42 Å². The first-order chi connectivity index (χ1) is 9.20. The number of amides is 1. The lowest BCUT2D eigenvalue weighted by Gasteiger charge is -2.05. The summed E-state index contributed by atoms with van der Waals surface area (Å²) >= 11 is 0. The normalized spacial score (nSPS) is 10.4. The van der Waals surface area contributed by atoms with Gasteiger partial charge in [-0.15, -0.1) is 0 Å². The van der Waals surface area contributed by atoms with Crippen LogP contribution < -0.4 is 11.1 Å². The van der Waals surface area contributed by atoms with Crippen LogP contribution in [-0.4, -0.2) is 16.1 Å². The third-order valence-corrected chi connectivity index (χ3v) is 2.94. The van der Waals surface area contributed by atoms with Gasteiger partial charge < -0.3 is 11.1 Å². The summed E-state index contributed by atoms with van der Waals surface area (Å²) in [5.41, 5.74) is 7.99. The zero-order valence-corrected chi connectivity index (χ0v) is 10.9. The molecule has 19 heavy (non-hydrogen) atoms. The number of benzene rings is 1. The predicted octanol–water partition coefficient (Wildman–Crippen LogP) is 2.59. The molecule has 0 aliphatic rings. The number of carbonyl (C=O) groups is 1. The zero-order valence-electron chi connectivity index (χ0n) is 10.9. The van der Waals surface area contributed by atoms with E-state index in [2.05, 4.69) is 22.4 Å². The van der Waals surface area contributed by atoms with Crippen LogP contribution in [0, 0.1) is 0 Å². The SMILES string of the molecule is CCCCc1ccc(NC(=O)c2cn[nH]c2N)cc1. The molecule has 1 amide bonds. The van der Waals surface area contributed by atoms with E-state index in [1.165, 1.54) is 24.6 Å². The number of aromatic nitrogens is 2. The first-order valence-electron chi connectivity index (χ1n) is 6.40. The summed E-state index contributed by atoms with van der Waals surface area (Å²) in [4.78, 5) is 11.9. The number of aryl methyl sites for hydroxylation is 1. The van der Waals surface area contributed by atoms with Gasteiger partial charge in [-0.2, -0.15) is 5.10 Å². The number of carbonyl (C=O) groups excluding carboxylic acids is 1. The van der Waals surface area contributed by atoms with Gasteiger partial charge in [-0.1, -0.05) is 25.5 Å². The maximum absolute atomic E-state index is 11.9. The Morgan fingerprint density at radius 2 is 2.11 bits per heavy atom. The van der Waals surface area contributed by atoms with Crippen molar-refractivity contribution >= 4 is 17.4 Å². The highest BCUT2D eigenvalue weighted by Crippen LogP contribution is 2.14. The Labute approximate surface area is 112 Å². The van der Waals surface area contributed by atoms with Gasteiger partial charge in [0, 0.05) is 5.69 Å². The van der Waals surface area contributed by atoms with Crippen LogP contribution in [0.4, 0.5) is 11.5 Å². The molecule has 1 heterocycles. The van der Waals surface area contributed by atoms with Crippen molar-refractivity contribution in [3.63, 3.8) is 0 Å². The van der Waals surface area contributed by atoms with E-state index in [-0.39, 0.29) is 11.7 Å². The number of hydrogen-bond donors (Lipinski definition) is 3. The van der Waals surface area contributed by atoms with Crippen molar-refractivity contribution in [3.05, 3.63) is 41.6 Å². The Morgan fingerprint density at radius 1 is 1.37 bits per heavy atom. The summed E-state index contributed by atoms with van der Waals surface area (Å²) in [7, 11) is 0. The Hall–Kier alpha value is -2.30. The van der Waals surface area contributed by atoms with Gasteiger partial charge in [0.05, 0.1) is 6.20 Å². The van der Waals surface area contributed by atoms with Crippen LogP contribution in [0.1, 0.15) is 35.7 Å². The van der Waals surface area contributed by atoms with Gasteiger partial charge in [0.1, 0.15) is 11.4 Å². The topological polar surface area (TPSA) is 83.8 Å². The predicted molar refractivity (Wildman–Crippen MR) is 76.0 cm³/mol. The standard InChI is InChI=1S/C14H18N4O/c1-2-3-4-10-5-7-11(8-6-10)17-14(19)12-9-16-18-13(12)15/h5-9H,2-4H2,1H3,(H,17,19)(H3,15,16,18). The molecule has 1 aromatic heterocycles. The summed E-state index contributed by atoms with van der Waals surface area (Å²) in [5.74, 6) is 0.0182. The van der Waals surface area contributed by atoms with Crippen LogP contribution in [0.3, 0.4) is 0 Å². The third kappa shape index (κ3) is 3.34. The number of unbranched alkanes of at least 4 members (excludes halogenated alkanes) is 1. The summed E-state index contributed by atoms with van der Waals surface area (Å²) < 4.78 is 0. The summed E-state index contributed by atoms with van der Waals surface area (Å²) in [6.07, 6.45) is 4.84. The second kappa shape index (κ2) is 6.04. The number of hydrogen-bond acceptors (Lipinski definition) is 3. The van der Waals surface area contributed by atoms with Crippen molar-refractivity contribution in [1.29, 1.82) is 0 Å². The molecule has 0 spiro atoms. The van der Waals surface area contributed by atoms with Gasteiger partial charge in [0.2, 0.25) is 0 Å². The average molecular weight is 258 g/mol. The smallest absolute Gasteiger partial charge is 0.261 e. The number of nitrogens with two attached hydrogens (primary N) is 1. The minimum Gasteiger partial charge on any atom is -0.383 e. The summed E-state index contributed by atoms with van der Waals surface area (Å²) in [6.45, 7) is 2.17. The highest BCUT2D eigenvalue weighted by atomic mass is 16.1. The maximum atomic E-state index is 11.9. The fourth-order valence-electron chi connectivity index (χ4n) is 1.81. The molecule has 0 unspecified atom stereocenters. The largest absolute Gasteiger partial charge is 0.383 e. The van der Waals surface area contributed by atoms with Gasteiger partial charge >= 0.3 is 0 Å². The molecule has 0 bridgehead atoms. The molecule has 0 saturated heterocycles. The molecule has 0 aliphatic carbocycles. The number of rotatable bonds is 5. The molecule has 5 heteroatoms. The number of nitrogens with zero attached hydrogens (tertiary/aromatic N) is 1. The molecule has 0 radical (unpaired) electrons. The lowest BCUT2D eigenvalue weighted by molar-refractivity contribution is 0.102. The minimum absolute atomic E-state index is 0.257. The van der Waals surface area contributed by atoms with E-state index in [4.69, 9.17) is 5.73 Å². The van der Waals surface area contributed by atoms with E-state index in [9.17, 15) is 4.79 Å². The second-order valence-electron chi connectivity index (χ2n) is 4.45. The molecule has 5 nitrogen and oxygen atoms in total. The van der Waals surface area contributed by atoms with Crippen LogP contribution in [0.2, 0.25) is 0 Å². The van der Waals surface area contributed by atoms with Gasteiger partial charge in [-0.3, -0.25) is 9.89 Å². The van der Waals surface area contributed by atoms with Crippen molar-refractivity contribution in [2.24, 2.45) is 0 Å². The fraction of sp³-hybridized carbons (Fsp3) is 0.286. The van der Waals surface area contributed by atoms with E-state index in [1.807, 2.05) is 24.3 Å². The van der Waals surface area contributed by atoms with E-state index >= 15 is 0 Å². The molecule has 0 atom stereocenters. The number of nitrogen functional groups attached to an aromatic ring is 1. The van der Waals surface area contributed by atoms with Crippen molar-refractivity contribution < 1.29 is 4.79 Å². The van der Waals surface area contributed by atoms with Gasteiger partial charge in [-0.05, 0) is 30.5 Å². The lowest BCUT2D eigenvalue weighted by Crippen LogP contribution is -2.12. The molecule has 0 saturated carbocycles. The summed E-state index contributed by atoms with van der Waals surface area (Å²) in [6, 6.07) is 7.87. The Morgan fingerprint density at radius 3 is 2.68 bits per heavy atom. The van der Waals surface area contributed by atoms with Crippen molar-refractivity contribution in [3.8, 4) is 0 Å². The fourth-order valence-corrected chi connectivity index (χ4v) is 1.81. The Balaban J connectivity index is 2.00. The van der Waals surface area contributed by atoms with E-state index in [1.54, 1.807) is 0 Å². The number of anilines is 2. The van der Waals surface area contributed by atoms with Crippen LogP contribution in [0.15, 0.2) is 30.5 Å². The van der Waals surface area contributed by atoms with Crippen molar-refractivity contribution in [2.45, 2.75) is 26.2 Å². The molecule has 1 aromatic carbocycles. The first kappa shape index (κ1) is 13.1.